The molecule has 0 saturated carbocycles. The van der Waals surface area contributed by atoms with Crippen LogP contribution in [-0.4, -0.2) is 30.6 Å². The highest BCUT2D eigenvalue weighted by molar-refractivity contribution is 5.93. The number of nitrogens with zero attached hydrogens (tertiary/aromatic N) is 5. The van der Waals surface area contributed by atoms with Crippen LogP contribution in [0.3, 0.4) is 0 Å². The molecule has 0 radical (unpaired) electrons. The van der Waals surface area contributed by atoms with Gasteiger partial charge in [0.15, 0.2) is 5.82 Å². The molecule has 1 N–H and O–H groups in total. The summed E-state index contributed by atoms with van der Waals surface area (Å²) < 4.78 is 1.79. The predicted octanol–water partition coefficient (Wildman–Crippen LogP) is 2.76. The monoisotopic (exact) mass is 358 g/mol. The lowest BCUT2D eigenvalue weighted by Crippen LogP contribution is -2.24. The summed E-state index contributed by atoms with van der Waals surface area (Å²) in [5, 5.41) is 7.27. The summed E-state index contributed by atoms with van der Waals surface area (Å²) in [6.45, 7) is 4.29. The molecular formula is C20H18N6O. The van der Waals surface area contributed by atoms with Crippen LogP contribution in [0, 0.1) is 13.8 Å². The van der Waals surface area contributed by atoms with E-state index >= 15 is 0 Å². The van der Waals surface area contributed by atoms with Gasteiger partial charge in [-0.25, -0.2) is 14.6 Å². The highest BCUT2D eigenvalue weighted by atomic mass is 16.1. The Balaban J connectivity index is 1.44. The third kappa shape index (κ3) is 3.52. The molecule has 3 heterocycles. The average Bonchev–Trinajstić information content (AvgIpc) is 3.04. The molecule has 0 saturated heterocycles. The molecule has 7 heteroatoms. The molecule has 0 atom stereocenters. The molecule has 7 nitrogen and oxygen atoms in total. The van der Waals surface area contributed by atoms with Crippen molar-refractivity contribution in [3.63, 3.8) is 0 Å². The Labute approximate surface area is 156 Å². The van der Waals surface area contributed by atoms with Gasteiger partial charge in [0.2, 0.25) is 0 Å². The van der Waals surface area contributed by atoms with E-state index in [1.165, 1.54) is 6.20 Å². The molecule has 0 aliphatic heterocycles. The second-order valence-electron chi connectivity index (χ2n) is 6.29. The number of aromatic nitrogens is 5. The Kier molecular flexibility index (Phi) is 4.33. The van der Waals surface area contributed by atoms with E-state index in [2.05, 4.69) is 25.4 Å². The second-order valence-corrected chi connectivity index (χ2v) is 6.29. The molecule has 4 aromatic rings. The summed E-state index contributed by atoms with van der Waals surface area (Å²) in [6.07, 6.45) is 3.22. The smallest absolute Gasteiger partial charge is 0.271 e. The Morgan fingerprint density at radius 1 is 1.04 bits per heavy atom. The largest absolute Gasteiger partial charge is 0.347 e. The fourth-order valence-electron chi connectivity index (χ4n) is 2.85. The van der Waals surface area contributed by atoms with Gasteiger partial charge in [0.1, 0.15) is 5.69 Å². The molecule has 0 bridgehead atoms. The van der Waals surface area contributed by atoms with E-state index in [4.69, 9.17) is 0 Å². The van der Waals surface area contributed by atoms with Gasteiger partial charge in [0.25, 0.3) is 5.91 Å². The normalized spacial score (nSPS) is 10.9. The first kappa shape index (κ1) is 16.8. The van der Waals surface area contributed by atoms with Gasteiger partial charge in [0, 0.05) is 18.4 Å². The number of carbonyl (C=O) groups excluding carboxylic acids is 1. The van der Waals surface area contributed by atoms with Gasteiger partial charge in [-0.05, 0) is 43.7 Å². The van der Waals surface area contributed by atoms with Crippen LogP contribution < -0.4 is 5.32 Å². The van der Waals surface area contributed by atoms with Crippen LogP contribution in [0.5, 0.6) is 0 Å². The molecule has 27 heavy (non-hydrogen) atoms. The van der Waals surface area contributed by atoms with E-state index in [0.717, 1.165) is 28.3 Å². The van der Waals surface area contributed by atoms with Gasteiger partial charge in [0.05, 0.1) is 22.9 Å². The maximum absolute atomic E-state index is 12.3. The summed E-state index contributed by atoms with van der Waals surface area (Å²) in [5.41, 5.74) is 4.61. The van der Waals surface area contributed by atoms with Gasteiger partial charge in [-0.15, -0.1) is 0 Å². The summed E-state index contributed by atoms with van der Waals surface area (Å²) in [5.74, 6) is 0.479. The number of amides is 1. The zero-order valence-corrected chi connectivity index (χ0v) is 15.0. The molecule has 0 spiro atoms. The number of nitrogens with one attached hydrogen (secondary N) is 1. The van der Waals surface area contributed by atoms with Crippen molar-refractivity contribution in [1.82, 2.24) is 30.0 Å². The third-order valence-corrected chi connectivity index (χ3v) is 4.17. The first-order chi connectivity index (χ1) is 13.1. The van der Waals surface area contributed by atoms with Crippen LogP contribution in [0.15, 0.2) is 54.9 Å². The van der Waals surface area contributed by atoms with Gasteiger partial charge < -0.3 is 5.32 Å². The standard InChI is InChI=1S/C20H18N6O/c1-13-9-14(2)26(25-13)19-8-7-15(10-22-19)11-23-20(27)18-12-21-16-5-3-4-6-17(16)24-18/h3-10,12H,11H2,1-2H3,(H,23,27). The van der Waals surface area contributed by atoms with Crippen LogP contribution in [0.2, 0.25) is 0 Å². The number of hydrogen-bond donors (Lipinski definition) is 1. The molecule has 0 unspecified atom stereocenters. The zero-order chi connectivity index (χ0) is 18.8. The highest BCUT2D eigenvalue weighted by Crippen LogP contribution is 2.11. The topological polar surface area (TPSA) is 85.6 Å². The summed E-state index contributed by atoms with van der Waals surface area (Å²) in [6, 6.07) is 13.3. The average molecular weight is 358 g/mol. The van der Waals surface area contributed by atoms with E-state index < -0.39 is 0 Å². The molecule has 4 rings (SSSR count). The van der Waals surface area contributed by atoms with Crippen molar-refractivity contribution >= 4 is 16.9 Å². The van der Waals surface area contributed by atoms with Crippen molar-refractivity contribution in [1.29, 1.82) is 0 Å². The first-order valence-electron chi connectivity index (χ1n) is 8.59. The lowest BCUT2D eigenvalue weighted by molar-refractivity contribution is 0.0946. The van der Waals surface area contributed by atoms with Crippen molar-refractivity contribution in [2.45, 2.75) is 20.4 Å². The number of benzene rings is 1. The summed E-state index contributed by atoms with van der Waals surface area (Å²) in [4.78, 5) is 25.4. The van der Waals surface area contributed by atoms with Crippen LogP contribution in [0.1, 0.15) is 27.4 Å². The van der Waals surface area contributed by atoms with E-state index in [1.807, 2.05) is 56.3 Å². The van der Waals surface area contributed by atoms with Gasteiger partial charge in [-0.2, -0.15) is 5.10 Å². The summed E-state index contributed by atoms with van der Waals surface area (Å²) >= 11 is 0. The molecule has 0 aliphatic carbocycles. The lowest BCUT2D eigenvalue weighted by Gasteiger charge is -2.07. The molecule has 134 valence electrons. The van der Waals surface area contributed by atoms with Crippen LogP contribution >= 0.6 is 0 Å². The molecule has 3 aromatic heterocycles. The Morgan fingerprint density at radius 3 is 2.56 bits per heavy atom. The maximum atomic E-state index is 12.3. The number of para-hydroxylation sites is 2. The van der Waals surface area contributed by atoms with Crippen molar-refractivity contribution in [2.75, 3.05) is 0 Å². The molecule has 1 aromatic carbocycles. The van der Waals surface area contributed by atoms with E-state index in [0.29, 0.717) is 17.8 Å². The van der Waals surface area contributed by atoms with Gasteiger partial charge in [-0.1, -0.05) is 18.2 Å². The number of carbonyl (C=O) groups is 1. The van der Waals surface area contributed by atoms with E-state index in [1.54, 1.807) is 10.9 Å². The fraction of sp³-hybridized carbons (Fsp3) is 0.150. The third-order valence-electron chi connectivity index (χ3n) is 4.17. The van der Waals surface area contributed by atoms with Crippen molar-refractivity contribution in [3.05, 3.63) is 77.5 Å². The highest BCUT2D eigenvalue weighted by Gasteiger charge is 2.10. The van der Waals surface area contributed by atoms with E-state index in [-0.39, 0.29) is 5.91 Å². The minimum absolute atomic E-state index is 0.268. The summed E-state index contributed by atoms with van der Waals surface area (Å²) in [7, 11) is 0. The number of rotatable bonds is 4. The van der Waals surface area contributed by atoms with Crippen molar-refractivity contribution in [2.24, 2.45) is 0 Å². The number of pyridine rings is 1. The lowest BCUT2D eigenvalue weighted by atomic mass is 10.2. The predicted molar refractivity (Wildman–Crippen MR) is 102 cm³/mol. The van der Waals surface area contributed by atoms with Gasteiger partial charge in [-0.3, -0.25) is 9.78 Å². The Morgan fingerprint density at radius 2 is 1.85 bits per heavy atom. The van der Waals surface area contributed by atoms with Crippen LogP contribution in [-0.2, 0) is 6.54 Å². The van der Waals surface area contributed by atoms with Crippen molar-refractivity contribution < 1.29 is 4.79 Å². The van der Waals surface area contributed by atoms with Crippen molar-refractivity contribution in [3.8, 4) is 5.82 Å². The van der Waals surface area contributed by atoms with Crippen LogP contribution in [0.4, 0.5) is 0 Å². The molecule has 0 aliphatic rings. The quantitative estimate of drug-likeness (QED) is 0.606. The minimum Gasteiger partial charge on any atom is -0.347 e. The number of hydrogen-bond acceptors (Lipinski definition) is 5. The molecule has 1 amide bonds. The minimum atomic E-state index is -0.268. The zero-order valence-electron chi connectivity index (χ0n) is 15.0. The van der Waals surface area contributed by atoms with Crippen LogP contribution in [0.25, 0.3) is 16.9 Å². The van der Waals surface area contributed by atoms with E-state index in [9.17, 15) is 4.79 Å². The first-order valence-corrected chi connectivity index (χ1v) is 8.59. The second kappa shape index (κ2) is 6.95. The maximum Gasteiger partial charge on any atom is 0.271 e. The number of fused-ring (bicyclic) bond motifs is 1. The Hall–Kier alpha value is -3.61. The van der Waals surface area contributed by atoms with Gasteiger partial charge >= 0.3 is 0 Å². The fourth-order valence-corrected chi connectivity index (χ4v) is 2.85. The molecular weight excluding hydrogens is 340 g/mol. The Bertz CT molecular complexity index is 1120. The SMILES string of the molecule is Cc1cc(C)n(-c2ccc(CNC(=O)c3cnc4ccccc4n3)cn2)n1. The molecule has 0 fully saturated rings. The number of aryl methyl sites for hydroxylation is 2.